The zero-order chi connectivity index (χ0) is 21.7. The smallest absolute Gasteiger partial charge is 0.133 e. The van der Waals surface area contributed by atoms with Gasteiger partial charge in [-0.2, -0.15) is 0 Å². The van der Waals surface area contributed by atoms with Crippen molar-refractivity contribution in [3.8, 4) is 28.7 Å². The van der Waals surface area contributed by atoms with Crippen molar-refractivity contribution < 1.29 is 34.3 Å². The van der Waals surface area contributed by atoms with Gasteiger partial charge in [-0.3, -0.25) is 0 Å². The highest BCUT2D eigenvalue weighted by Gasteiger charge is 2.43. The molecule has 5 rings (SSSR count). The van der Waals surface area contributed by atoms with Gasteiger partial charge in [0.15, 0.2) is 0 Å². The van der Waals surface area contributed by atoms with Crippen LogP contribution in [0.5, 0.6) is 28.7 Å². The average molecular weight is 424 g/mol. The molecule has 3 aromatic rings. The number of methoxy groups -OCH3 is 2. The summed E-state index contributed by atoms with van der Waals surface area (Å²) in [6.07, 6.45) is -1.71. The van der Waals surface area contributed by atoms with E-state index in [4.69, 9.17) is 18.9 Å². The summed E-state index contributed by atoms with van der Waals surface area (Å²) in [5.41, 5.74) is 1.23. The second-order valence-electron chi connectivity index (χ2n) is 7.97. The maximum atomic E-state index is 11.3. The molecule has 0 saturated heterocycles. The predicted molar refractivity (Wildman–Crippen MR) is 113 cm³/mol. The molecule has 0 amide bonds. The van der Waals surface area contributed by atoms with E-state index in [9.17, 15) is 15.3 Å². The van der Waals surface area contributed by atoms with Gasteiger partial charge in [0.05, 0.1) is 39.6 Å². The molecule has 3 aromatic carbocycles. The molecule has 2 aliphatic heterocycles. The normalized spacial score (nSPS) is 24.5. The van der Waals surface area contributed by atoms with Crippen LogP contribution in [0.4, 0.5) is 0 Å². The third-order valence-electron chi connectivity index (χ3n) is 6.35. The molecule has 31 heavy (non-hydrogen) atoms. The van der Waals surface area contributed by atoms with E-state index in [2.05, 4.69) is 0 Å². The van der Waals surface area contributed by atoms with Crippen LogP contribution < -0.4 is 18.9 Å². The molecular formula is C24H24O7. The van der Waals surface area contributed by atoms with E-state index in [0.29, 0.717) is 39.5 Å². The largest absolute Gasteiger partial charge is 0.508 e. The van der Waals surface area contributed by atoms with Gasteiger partial charge in [-0.1, -0.05) is 0 Å². The highest BCUT2D eigenvalue weighted by molar-refractivity contribution is 5.95. The molecule has 0 aromatic heterocycles. The number of aliphatic hydroxyl groups excluding tert-OH is 2. The van der Waals surface area contributed by atoms with Crippen LogP contribution in [0.3, 0.4) is 0 Å². The van der Waals surface area contributed by atoms with Crippen LogP contribution in [-0.4, -0.2) is 42.8 Å². The van der Waals surface area contributed by atoms with Crippen molar-refractivity contribution in [2.45, 2.75) is 12.2 Å². The maximum Gasteiger partial charge on any atom is 0.133 e. The zero-order valence-corrected chi connectivity index (χ0v) is 17.2. The number of hydrogen-bond donors (Lipinski definition) is 3. The van der Waals surface area contributed by atoms with E-state index in [1.165, 1.54) is 0 Å². The topological polar surface area (TPSA) is 97.6 Å². The van der Waals surface area contributed by atoms with Crippen molar-refractivity contribution in [3.63, 3.8) is 0 Å². The fraction of sp³-hybridized carbons (Fsp3) is 0.333. The fourth-order valence-corrected chi connectivity index (χ4v) is 4.66. The van der Waals surface area contributed by atoms with Gasteiger partial charge in [0.2, 0.25) is 0 Å². The molecule has 162 valence electrons. The molecule has 0 aliphatic carbocycles. The number of aromatic hydroxyl groups is 1. The Morgan fingerprint density at radius 3 is 2.29 bits per heavy atom. The van der Waals surface area contributed by atoms with Gasteiger partial charge in [0.1, 0.15) is 28.7 Å². The quantitative estimate of drug-likeness (QED) is 0.593. The minimum Gasteiger partial charge on any atom is -0.508 e. The molecule has 0 bridgehead atoms. The molecule has 7 nitrogen and oxygen atoms in total. The Balaban J connectivity index is 1.52. The Labute approximate surface area is 179 Å². The van der Waals surface area contributed by atoms with Crippen LogP contribution in [0.15, 0.2) is 42.5 Å². The van der Waals surface area contributed by atoms with Crippen molar-refractivity contribution >= 4 is 10.8 Å². The Bertz CT molecular complexity index is 1140. The molecule has 0 unspecified atom stereocenters. The van der Waals surface area contributed by atoms with Crippen LogP contribution in [0.25, 0.3) is 10.8 Å². The third kappa shape index (κ3) is 3.12. The summed E-state index contributed by atoms with van der Waals surface area (Å²) in [5.74, 6) is 1.70. The number of phenols is 1. The van der Waals surface area contributed by atoms with Crippen molar-refractivity contribution in [2.24, 2.45) is 11.8 Å². The minimum absolute atomic E-state index is 0.122. The van der Waals surface area contributed by atoms with Gasteiger partial charge < -0.3 is 34.3 Å². The third-order valence-corrected chi connectivity index (χ3v) is 6.35. The Morgan fingerprint density at radius 1 is 0.806 bits per heavy atom. The standard InChI is InChI=1S/C24H24O7/c1-28-13-4-6-20-16(8-13)22(26)18(10-30-20)19-11-31-24-14-5-3-12(25)7-15(14)21(29-2)9-17(24)23(19)27/h3-9,18-19,22-23,25-27H,10-11H2,1-2H3/t18-,19+,22-,23+/m1/s1. The van der Waals surface area contributed by atoms with Gasteiger partial charge >= 0.3 is 0 Å². The molecule has 0 saturated carbocycles. The van der Waals surface area contributed by atoms with Crippen LogP contribution in [0.1, 0.15) is 23.3 Å². The lowest BCUT2D eigenvalue weighted by Gasteiger charge is -2.40. The highest BCUT2D eigenvalue weighted by Crippen LogP contribution is 2.50. The summed E-state index contributed by atoms with van der Waals surface area (Å²) in [4.78, 5) is 0. The number of rotatable bonds is 3. The van der Waals surface area contributed by atoms with E-state index in [0.717, 1.165) is 5.39 Å². The summed E-state index contributed by atoms with van der Waals surface area (Å²) >= 11 is 0. The first-order chi connectivity index (χ1) is 15.0. The van der Waals surface area contributed by atoms with Crippen molar-refractivity contribution in [2.75, 3.05) is 27.4 Å². The molecule has 2 heterocycles. The number of ether oxygens (including phenoxy) is 4. The average Bonchev–Trinajstić information content (AvgIpc) is 2.79. The van der Waals surface area contributed by atoms with Crippen LogP contribution in [0, 0.1) is 11.8 Å². The Morgan fingerprint density at radius 2 is 1.55 bits per heavy atom. The molecule has 3 N–H and O–H groups in total. The first kappa shape index (κ1) is 19.8. The van der Waals surface area contributed by atoms with Crippen LogP contribution in [-0.2, 0) is 0 Å². The SMILES string of the molecule is COc1ccc2c(c1)[C@@H](O)[C@@H]([C@@H]1COc3c(cc(OC)c4cc(O)ccc34)[C@@H]1O)CO2. The first-order valence-corrected chi connectivity index (χ1v) is 10.1. The summed E-state index contributed by atoms with van der Waals surface area (Å²) in [7, 11) is 3.12. The first-order valence-electron chi connectivity index (χ1n) is 10.1. The van der Waals surface area contributed by atoms with Crippen LogP contribution in [0.2, 0.25) is 0 Å². The number of aliphatic hydroxyl groups is 2. The van der Waals surface area contributed by atoms with Gasteiger partial charge in [0.25, 0.3) is 0 Å². The van der Waals surface area contributed by atoms with Crippen molar-refractivity contribution in [3.05, 3.63) is 53.6 Å². The minimum atomic E-state index is -0.883. The molecule has 2 aliphatic rings. The predicted octanol–water partition coefficient (Wildman–Crippen LogP) is 3.35. The monoisotopic (exact) mass is 424 g/mol. The van der Waals surface area contributed by atoms with E-state index in [-0.39, 0.29) is 30.8 Å². The summed E-state index contributed by atoms with van der Waals surface area (Å²) in [6, 6.07) is 12.0. The second-order valence-corrected chi connectivity index (χ2v) is 7.97. The lowest BCUT2D eigenvalue weighted by Crippen LogP contribution is -2.40. The fourth-order valence-electron chi connectivity index (χ4n) is 4.66. The number of hydrogen-bond acceptors (Lipinski definition) is 7. The van der Waals surface area contributed by atoms with E-state index < -0.39 is 12.2 Å². The maximum absolute atomic E-state index is 11.3. The summed E-state index contributed by atoms with van der Waals surface area (Å²) in [6.45, 7) is 0.486. The van der Waals surface area contributed by atoms with E-state index in [1.54, 1.807) is 56.7 Å². The van der Waals surface area contributed by atoms with Gasteiger partial charge in [-0.15, -0.1) is 0 Å². The Kier molecular flexibility index (Phi) is 4.79. The molecule has 0 spiro atoms. The lowest BCUT2D eigenvalue weighted by atomic mass is 9.77. The molecular weight excluding hydrogens is 400 g/mol. The van der Waals surface area contributed by atoms with Gasteiger partial charge in [-0.05, 0) is 42.5 Å². The molecule has 0 fully saturated rings. The number of fused-ring (bicyclic) bond motifs is 4. The molecule has 0 radical (unpaired) electrons. The van der Waals surface area contributed by atoms with Gasteiger partial charge in [0, 0.05) is 33.7 Å². The van der Waals surface area contributed by atoms with E-state index >= 15 is 0 Å². The Hall–Kier alpha value is -3.16. The van der Waals surface area contributed by atoms with Crippen molar-refractivity contribution in [1.29, 1.82) is 0 Å². The summed E-state index contributed by atoms with van der Waals surface area (Å²) < 4.78 is 22.8. The zero-order valence-electron chi connectivity index (χ0n) is 17.2. The second kappa shape index (κ2) is 7.51. The summed E-state index contributed by atoms with van der Waals surface area (Å²) in [5, 5.41) is 33.7. The van der Waals surface area contributed by atoms with Gasteiger partial charge in [-0.25, -0.2) is 0 Å². The van der Waals surface area contributed by atoms with Crippen LogP contribution >= 0.6 is 0 Å². The molecule has 7 heteroatoms. The molecule has 4 atom stereocenters. The number of phenolic OH excluding ortho intramolecular Hbond substituents is 1. The highest BCUT2D eigenvalue weighted by atomic mass is 16.5. The van der Waals surface area contributed by atoms with E-state index in [1.807, 2.05) is 0 Å². The van der Waals surface area contributed by atoms with Crippen molar-refractivity contribution in [1.82, 2.24) is 0 Å². The number of benzene rings is 3. The lowest BCUT2D eigenvalue weighted by molar-refractivity contribution is -0.0548.